The van der Waals surface area contributed by atoms with Gasteiger partial charge in [-0.2, -0.15) is 0 Å². The second-order valence-electron chi connectivity index (χ2n) is 2.91. The van der Waals surface area contributed by atoms with Crippen LogP contribution in [-0.2, 0) is 4.79 Å². The monoisotopic (exact) mass is 243 g/mol. The molecule has 0 saturated heterocycles. The van der Waals surface area contributed by atoms with Crippen LogP contribution in [0.4, 0.5) is 5.69 Å². The molecule has 0 fully saturated rings. The Kier molecular flexibility index (Phi) is 4.35. The molecule has 0 aliphatic carbocycles. The van der Waals surface area contributed by atoms with Crippen molar-refractivity contribution in [2.24, 2.45) is 0 Å². The highest BCUT2D eigenvalue weighted by atomic mass is 32.2. The van der Waals surface area contributed by atoms with Crippen molar-refractivity contribution < 1.29 is 9.90 Å². The molecule has 1 aromatic carbocycles. The van der Waals surface area contributed by atoms with Gasteiger partial charge in [-0.1, -0.05) is 0 Å². The minimum absolute atomic E-state index is 0.105. The third-order valence-electron chi connectivity index (χ3n) is 1.79. The van der Waals surface area contributed by atoms with Gasteiger partial charge in [-0.05, 0) is 24.6 Å². The highest BCUT2D eigenvalue weighted by molar-refractivity contribution is 7.99. The van der Waals surface area contributed by atoms with E-state index < -0.39 is 0 Å². The van der Waals surface area contributed by atoms with Gasteiger partial charge in [-0.3, -0.25) is 4.79 Å². The number of thioether (sulfide) groups is 2. The fourth-order valence-corrected chi connectivity index (χ4v) is 2.47. The Morgan fingerprint density at radius 3 is 2.07 bits per heavy atom. The van der Waals surface area contributed by atoms with Crippen LogP contribution in [0, 0.1) is 0 Å². The number of carbonyl (C=O) groups excluding carboxylic acids is 1. The average molecular weight is 243 g/mol. The molecule has 1 rings (SSSR count). The Morgan fingerprint density at radius 2 is 1.73 bits per heavy atom. The Bertz CT molecular complexity index is 355. The Hall–Kier alpha value is -0.810. The smallest absolute Gasteiger partial charge is 0.221 e. The maximum atomic E-state index is 11.0. The molecule has 0 aromatic heterocycles. The van der Waals surface area contributed by atoms with Gasteiger partial charge in [0.15, 0.2) is 0 Å². The van der Waals surface area contributed by atoms with Gasteiger partial charge in [-0.15, -0.1) is 23.5 Å². The van der Waals surface area contributed by atoms with Crippen molar-refractivity contribution in [3.63, 3.8) is 0 Å². The lowest BCUT2D eigenvalue weighted by Gasteiger charge is -2.12. The molecule has 0 aliphatic rings. The summed E-state index contributed by atoms with van der Waals surface area (Å²) in [6.07, 6.45) is 3.81. The second-order valence-corrected chi connectivity index (χ2v) is 4.60. The number of carbonyl (C=O) groups is 1. The number of phenols is 1. The predicted molar refractivity (Wildman–Crippen MR) is 66.0 cm³/mol. The van der Waals surface area contributed by atoms with Gasteiger partial charge >= 0.3 is 0 Å². The molecule has 82 valence electrons. The van der Waals surface area contributed by atoms with E-state index >= 15 is 0 Å². The van der Waals surface area contributed by atoms with Crippen LogP contribution in [0.3, 0.4) is 0 Å². The van der Waals surface area contributed by atoms with E-state index in [1.807, 2.05) is 12.5 Å². The summed E-state index contributed by atoms with van der Waals surface area (Å²) in [5.74, 6) is 0.115. The minimum Gasteiger partial charge on any atom is -0.508 e. The molecule has 0 spiro atoms. The zero-order valence-corrected chi connectivity index (χ0v) is 10.5. The van der Waals surface area contributed by atoms with E-state index in [0.29, 0.717) is 0 Å². The van der Waals surface area contributed by atoms with Gasteiger partial charge in [0.05, 0.1) is 5.69 Å². The maximum Gasteiger partial charge on any atom is 0.221 e. The van der Waals surface area contributed by atoms with Crippen LogP contribution in [0.15, 0.2) is 21.9 Å². The third-order valence-corrected chi connectivity index (χ3v) is 3.32. The average Bonchev–Trinajstić information content (AvgIpc) is 2.19. The van der Waals surface area contributed by atoms with Crippen LogP contribution in [0.5, 0.6) is 5.75 Å². The Balaban J connectivity index is 3.23. The first-order chi connectivity index (χ1) is 7.08. The SMILES string of the molecule is CSc1cc(O)cc(SC)c1NC(C)=O. The van der Waals surface area contributed by atoms with E-state index in [-0.39, 0.29) is 11.7 Å². The predicted octanol–water partition coefficient (Wildman–Crippen LogP) is 2.79. The van der Waals surface area contributed by atoms with Crippen molar-refractivity contribution >= 4 is 35.1 Å². The molecule has 5 heteroatoms. The number of phenolic OH excluding ortho intramolecular Hbond substituents is 1. The highest BCUT2D eigenvalue weighted by Gasteiger charge is 2.10. The van der Waals surface area contributed by atoms with Gasteiger partial charge in [0.2, 0.25) is 5.91 Å². The van der Waals surface area contributed by atoms with E-state index in [1.165, 1.54) is 30.4 Å². The van der Waals surface area contributed by atoms with Crippen molar-refractivity contribution in [2.75, 3.05) is 17.8 Å². The zero-order chi connectivity index (χ0) is 11.4. The number of hydrogen-bond acceptors (Lipinski definition) is 4. The molecule has 2 N–H and O–H groups in total. The van der Waals surface area contributed by atoms with Gasteiger partial charge in [0, 0.05) is 16.7 Å². The van der Waals surface area contributed by atoms with E-state index in [9.17, 15) is 9.90 Å². The van der Waals surface area contributed by atoms with E-state index in [1.54, 1.807) is 12.1 Å². The number of aromatic hydroxyl groups is 1. The summed E-state index contributed by atoms with van der Waals surface area (Å²) < 4.78 is 0. The topological polar surface area (TPSA) is 49.3 Å². The Labute approximate surface area is 97.6 Å². The number of rotatable bonds is 3. The largest absolute Gasteiger partial charge is 0.508 e. The van der Waals surface area contributed by atoms with Crippen molar-refractivity contribution in [2.45, 2.75) is 16.7 Å². The molecule has 0 atom stereocenters. The summed E-state index contributed by atoms with van der Waals surface area (Å²) in [6.45, 7) is 1.47. The molecule has 0 bridgehead atoms. The van der Waals surface area contributed by atoms with Crippen LogP contribution in [-0.4, -0.2) is 23.5 Å². The van der Waals surface area contributed by atoms with E-state index in [2.05, 4.69) is 5.32 Å². The molecule has 0 unspecified atom stereocenters. The van der Waals surface area contributed by atoms with Gasteiger partial charge < -0.3 is 10.4 Å². The first kappa shape index (κ1) is 12.3. The third kappa shape index (κ3) is 3.07. The summed E-state index contributed by atoms with van der Waals surface area (Å²) in [7, 11) is 0. The van der Waals surface area contributed by atoms with Crippen LogP contribution in [0.1, 0.15) is 6.92 Å². The lowest BCUT2D eigenvalue weighted by molar-refractivity contribution is -0.114. The molecular weight excluding hydrogens is 230 g/mol. The van der Waals surface area contributed by atoms with Gasteiger partial charge in [-0.25, -0.2) is 0 Å². The molecule has 15 heavy (non-hydrogen) atoms. The molecule has 1 aromatic rings. The zero-order valence-electron chi connectivity index (χ0n) is 8.83. The quantitative estimate of drug-likeness (QED) is 0.633. The lowest BCUT2D eigenvalue weighted by atomic mass is 10.3. The highest BCUT2D eigenvalue weighted by Crippen LogP contribution is 2.37. The summed E-state index contributed by atoms with van der Waals surface area (Å²) in [5, 5.41) is 12.3. The fourth-order valence-electron chi connectivity index (χ4n) is 1.20. The summed E-state index contributed by atoms with van der Waals surface area (Å²) in [4.78, 5) is 12.8. The van der Waals surface area contributed by atoms with Crippen LogP contribution < -0.4 is 5.32 Å². The first-order valence-corrected chi connectivity index (χ1v) is 6.76. The van der Waals surface area contributed by atoms with E-state index in [0.717, 1.165) is 15.5 Å². The molecule has 0 heterocycles. The van der Waals surface area contributed by atoms with Crippen molar-refractivity contribution in [1.29, 1.82) is 0 Å². The van der Waals surface area contributed by atoms with E-state index in [4.69, 9.17) is 0 Å². The lowest BCUT2D eigenvalue weighted by Crippen LogP contribution is -2.07. The second kappa shape index (κ2) is 5.32. The molecule has 0 radical (unpaired) electrons. The number of amides is 1. The molecule has 0 saturated carbocycles. The molecule has 1 amide bonds. The Morgan fingerprint density at radius 1 is 1.27 bits per heavy atom. The van der Waals surface area contributed by atoms with Gasteiger partial charge in [0.1, 0.15) is 5.75 Å². The minimum atomic E-state index is -0.105. The van der Waals surface area contributed by atoms with Gasteiger partial charge in [0.25, 0.3) is 0 Å². The standard InChI is InChI=1S/C10H13NO2S2/c1-6(12)11-10-8(14-2)4-7(13)5-9(10)15-3/h4-5,13H,1-3H3,(H,11,12). The normalized spacial score (nSPS) is 10.1. The number of hydrogen-bond donors (Lipinski definition) is 2. The van der Waals surface area contributed by atoms with Crippen molar-refractivity contribution in [3.8, 4) is 5.75 Å². The summed E-state index contributed by atoms with van der Waals surface area (Å²) in [6, 6.07) is 3.30. The maximum absolute atomic E-state index is 11.0. The van der Waals surface area contributed by atoms with Crippen LogP contribution >= 0.6 is 23.5 Å². The van der Waals surface area contributed by atoms with Crippen molar-refractivity contribution in [1.82, 2.24) is 0 Å². The molecule has 3 nitrogen and oxygen atoms in total. The van der Waals surface area contributed by atoms with Crippen molar-refractivity contribution in [3.05, 3.63) is 12.1 Å². The number of benzene rings is 1. The number of nitrogens with one attached hydrogen (secondary N) is 1. The van der Waals surface area contributed by atoms with Crippen LogP contribution in [0.2, 0.25) is 0 Å². The van der Waals surface area contributed by atoms with Crippen LogP contribution in [0.25, 0.3) is 0 Å². The summed E-state index contributed by atoms with van der Waals surface area (Å²) >= 11 is 2.99. The molecule has 0 aliphatic heterocycles. The molecular formula is C10H13NO2S2. The first-order valence-electron chi connectivity index (χ1n) is 4.31. The summed E-state index contributed by atoms with van der Waals surface area (Å²) in [5.41, 5.74) is 0.778. The fraction of sp³-hybridized carbons (Fsp3) is 0.300. The number of anilines is 1.